The summed E-state index contributed by atoms with van der Waals surface area (Å²) >= 11 is 6.64. The number of hydrogen-bond acceptors (Lipinski definition) is 5. The molecule has 4 rings (SSSR count). The molecule has 1 aromatic rings. The molecule has 1 spiro atoms. The number of carbonyl (C=O) groups excluding carboxylic acids is 2. The van der Waals surface area contributed by atoms with Crippen molar-refractivity contribution >= 4 is 23.5 Å². The molecule has 3 fully saturated rings. The zero-order valence-electron chi connectivity index (χ0n) is 24.1. The molecule has 214 valence electrons. The fourth-order valence-electron chi connectivity index (χ4n) is 6.69. The van der Waals surface area contributed by atoms with Gasteiger partial charge in [-0.1, -0.05) is 60.4 Å². The van der Waals surface area contributed by atoms with Gasteiger partial charge in [-0.05, 0) is 86.8 Å². The Morgan fingerprint density at radius 3 is 2.41 bits per heavy atom. The largest absolute Gasteiger partial charge is 0.463 e. The summed E-state index contributed by atoms with van der Waals surface area (Å²) in [6, 6.07) is 6.00. The topological polar surface area (TPSA) is 61.8 Å². The molecule has 0 amide bonds. The van der Waals surface area contributed by atoms with Crippen molar-refractivity contribution in [2.75, 3.05) is 6.61 Å². The molecule has 3 atom stereocenters. The molecular formula is C33H45ClO5. The summed E-state index contributed by atoms with van der Waals surface area (Å²) < 4.78 is 17.0. The summed E-state index contributed by atoms with van der Waals surface area (Å²) in [4.78, 5) is 23.0. The lowest BCUT2D eigenvalue weighted by atomic mass is 9.58. The van der Waals surface area contributed by atoms with Crippen LogP contribution in [-0.4, -0.2) is 30.8 Å². The third-order valence-electron chi connectivity index (χ3n) is 9.05. The van der Waals surface area contributed by atoms with Gasteiger partial charge in [-0.2, -0.15) is 0 Å². The average Bonchev–Trinajstić information content (AvgIpc) is 2.88. The van der Waals surface area contributed by atoms with Crippen molar-refractivity contribution in [2.24, 2.45) is 11.3 Å². The van der Waals surface area contributed by atoms with Crippen molar-refractivity contribution in [1.82, 2.24) is 0 Å². The monoisotopic (exact) mass is 556 g/mol. The highest BCUT2D eigenvalue weighted by Gasteiger charge is 2.40. The number of benzene rings is 1. The molecule has 1 saturated heterocycles. The molecule has 3 aliphatic rings. The van der Waals surface area contributed by atoms with Crippen LogP contribution in [0, 0.1) is 11.3 Å². The van der Waals surface area contributed by atoms with Gasteiger partial charge in [-0.15, -0.1) is 0 Å². The Bertz CT molecular complexity index is 1080. The first kappa shape index (κ1) is 29.9. The predicted molar refractivity (Wildman–Crippen MR) is 155 cm³/mol. The molecule has 0 bridgehead atoms. The number of allylic oxidation sites excluding steroid dienone is 4. The van der Waals surface area contributed by atoms with E-state index in [2.05, 4.69) is 32.1 Å². The van der Waals surface area contributed by atoms with Crippen LogP contribution in [0.4, 0.5) is 0 Å². The fraction of sp³-hybridized carbons (Fsp3) is 0.636. The molecule has 5 nitrogen and oxygen atoms in total. The third kappa shape index (κ3) is 8.20. The standard InChI is InChI=1S/C33H45ClO5/c1-5-25(26-11-15-33(16-12-26)13-6-14-33)8-7-22(2)17-28-18-27(9-10-31(28)34)32-20-29(38-24(4)36)19-30(39-32)21-37-23(3)35/h7-10,18,26,29-30,32H,5-6,11-17,19-21H2,1-4H3/b22-7+,25-8+. The summed E-state index contributed by atoms with van der Waals surface area (Å²) in [7, 11) is 0. The zero-order valence-corrected chi connectivity index (χ0v) is 24.9. The number of esters is 2. The van der Waals surface area contributed by atoms with Gasteiger partial charge < -0.3 is 14.2 Å². The second kappa shape index (κ2) is 13.5. The van der Waals surface area contributed by atoms with E-state index in [4.69, 9.17) is 25.8 Å². The summed E-state index contributed by atoms with van der Waals surface area (Å²) in [6.07, 6.45) is 16.5. The zero-order chi connectivity index (χ0) is 28.0. The van der Waals surface area contributed by atoms with Crippen LogP contribution in [-0.2, 0) is 30.2 Å². The fourth-order valence-corrected chi connectivity index (χ4v) is 6.88. The second-order valence-corrected chi connectivity index (χ2v) is 12.4. The molecule has 0 N–H and O–H groups in total. The minimum Gasteiger partial charge on any atom is -0.463 e. The first-order valence-corrected chi connectivity index (χ1v) is 15.1. The lowest BCUT2D eigenvalue weighted by Crippen LogP contribution is -2.36. The number of ether oxygens (including phenoxy) is 3. The summed E-state index contributed by atoms with van der Waals surface area (Å²) in [5.74, 6) is 0.0531. The van der Waals surface area contributed by atoms with Gasteiger partial charge in [0.1, 0.15) is 12.7 Å². The lowest BCUT2D eigenvalue weighted by Gasteiger charge is -2.47. The molecule has 1 heterocycles. The van der Waals surface area contributed by atoms with Gasteiger partial charge in [0.05, 0.1) is 12.2 Å². The molecule has 1 aromatic carbocycles. The molecule has 2 saturated carbocycles. The average molecular weight is 557 g/mol. The smallest absolute Gasteiger partial charge is 0.302 e. The van der Waals surface area contributed by atoms with Gasteiger partial charge >= 0.3 is 11.9 Å². The van der Waals surface area contributed by atoms with Crippen LogP contribution in [0.15, 0.2) is 41.5 Å². The molecule has 1 aliphatic heterocycles. The molecule has 3 unspecified atom stereocenters. The summed E-state index contributed by atoms with van der Waals surface area (Å²) in [5, 5.41) is 0.730. The Hall–Kier alpha value is -2.11. The number of halogens is 1. The van der Waals surface area contributed by atoms with E-state index in [0.717, 1.165) is 34.9 Å². The highest BCUT2D eigenvalue weighted by atomic mass is 35.5. The highest BCUT2D eigenvalue weighted by molar-refractivity contribution is 6.31. The maximum atomic E-state index is 11.6. The van der Waals surface area contributed by atoms with E-state index in [9.17, 15) is 9.59 Å². The Morgan fingerprint density at radius 2 is 1.79 bits per heavy atom. The minimum atomic E-state index is -0.355. The third-order valence-corrected chi connectivity index (χ3v) is 9.42. The van der Waals surface area contributed by atoms with Crippen molar-refractivity contribution in [1.29, 1.82) is 0 Å². The van der Waals surface area contributed by atoms with Gasteiger partial charge in [0.2, 0.25) is 0 Å². The van der Waals surface area contributed by atoms with Crippen LogP contribution >= 0.6 is 11.6 Å². The van der Waals surface area contributed by atoms with Crippen LogP contribution in [0.25, 0.3) is 0 Å². The Labute approximate surface area is 239 Å². The normalized spacial score (nSPS) is 25.7. The first-order valence-electron chi connectivity index (χ1n) is 14.8. The van der Waals surface area contributed by atoms with Crippen molar-refractivity contribution in [2.45, 2.75) is 117 Å². The molecule has 0 radical (unpaired) electrons. The SMILES string of the molecule is CC/C(=C\C=C(/C)Cc1cc(C2CC(OC(C)=O)CC(COC(C)=O)O2)ccc1Cl)C1CCC2(CCC2)CC1. The summed E-state index contributed by atoms with van der Waals surface area (Å²) in [5.41, 5.74) is 5.58. The number of rotatable bonds is 9. The first-order chi connectivity index (χ1) is 18.7. The van der Waals surface area contributed by atoms with E-state index in [1.165, 1.54) is 64.4 Å². The second-order valence-electron chi connectivity index (χ2n) is 12.0. The van der Waals surface area contributed by atoms with Gasteiger partial charge in [0, 0.05) is 31.7 Å². The van der Waals surface area contributed by atoms with Crippen molar-refractivity contribution in [3.05, 3.63) is 57.6 Å². The van der Waals surface area contributed by atoms with E-state index in [1.807, 2.05) is 12.1 Å². The van der Waals surface area contributed by atoms with Crippen LogP contribution in [0.1, 0.15) is 109 Å². The van der Waals surface area contributed by atoms with E-state index >= 15 is 0 Å². The van der Waals surface area contributed by atoms with Gasteiger partial charge in [-0.3, -0.25) is 9.59 Å². The lowest BCUT2D eigenvalue weighted by molar-refractivity contribution is -0.169. The van der Waals surface area contributed by atoms with Crippen molar-refractivity contribution in [3.8, 4) is 0 Å². The highest BCUT2D eigenvalue weighted by Crippen LogP contribution is 2.53. The van der Waals surface area contributed by atoms with Crippen LogP contribution < -0.4 is 0 Å². The Morgan fingerprint density at radius 1 is 1.05 bits per heavy atom. The molecule has 39 heavy (non-hydrogen) atoms. The summed E-state index contributed by atoms with van der Waals surface area (Å²) in [6.45, 7) is 7.38. The van der Waals surface area contributed by atoms with Crippen LogP contribution in [0.3, 0.4) is 0 Å². The van der Waals surface area contributed by atoms with Crippen molar-refractivity contribution in [3.63, 3.8) is 0 Å². The quantitative estimate of drug-likeness (QED) is 0.226. The maximum Gasteiger partial charge on any atom is 0.302 e. The van der Waals surface area contributed by atoms with Gasteiger partial charge in [0.15, 0.2) is 0 Å². The molecule has 2 aliphatic carbocycles. The van der Waals surface area contributed by atoms with Gasteiger partial charge in [-0.25, -0.2) is 0 Å². The predicted octanol–water partition coefficient (Wildman–Crippen LogP) is 8.24. The Balaban J connectivity index is 1.43. The van der Waals surface area contributed by atoms with Crippen LogP contribution in [0.2, 0.25) is 5.02 Å². The molecule has 0 aromatic heterocycles. The number of hydrogen-bond donors (Lipinski definition) is 0. The van der Waals surface area contributed by atoms with E-state index in [-0.39, 0.29) is 36.9 Å². The maximum absolute atomic E-state index is 11.6. The molecule has 6 heteroatoms. The molecular weight excluding hydrogens is 512 g/mol. The van der Waals surface area contributed by atoms with E-state index in [1.54, 1.807) is 5.57 Å². The van der Waals surface area contributed by atoms with E-state index < -0.39 is 0 Å². The van der Waals surface area contributed by atoms with Crippen LogP contribution in [0.5, 0.6) is 0 Å². The van der Waals surface area contributed by atoms with Crippen molar-refractivity contribution < 1.29 is 23.8 Å². The van der Waals surface area contributed by atoms with Gasteiger partial charge in [0.25, 0.3) is 0 Å². The Kier molecular flexibility index (Phi) is 10.3. The van der Waals surface area contributed by atoms with E-state index in [0.29, 0.717) is 18.3 Å². The number of carbonyl (C=O) groups is 2. The minimum absolute atomic E-state index is 0.139.